The lowest BCUT2D eigenvalue weighted by Crippen LogP contribution is -2.05. The van der Waals surface area contributed by atoms with E-state index in [1.807, 2.05) is 19.9 Å². The smallest absolute Gasteiger partial charge is 0.133 e. The van der Waals surface area contributed by atoms with E-state index in [2.05, 4.69) is 15.3 Å². The second-order valence-electron chi connectivity index (χ2n) is 4.40. The van der Waals surface area contributed by atoms with Crippen LogP contribution in [0.2, 0.25) is 0 Å². The molecule has 0 saturated heterocycles. The minimum absolute atomic E-state index is 0.205. The molecule has 0 unspecified atom stereocenters. The van der Waals surface area contributed by atoms with Gasteiger partial charge in [-0.25, -0.2) is 14.4 Å². The molecule has 0 amide bonds. The summed E-state index contributed by atoms with van der Waals surface area (Å²) in [6, 6.07) is 5.21. The number of rotatable bonds is 4. The van der Waals surface area contributed by atoms with Crippen molar-refractivity contribution >= 4 is 5.82 Å². The molecule has 0 saturated carbocycles. The van der Waals surface area contributed by atoms with Crippen molar-refractivity contribution in [3.63, 3.8) is 0 Å². The summed E-state index contributed by atoms with van der Waals surface area (Å²) < 4.78 is 13.7. The van der Waals surface area contributed by atoms with Crippen LogP contribution >= 0.6 is 0 Å². The molecule has 0 atom stereocenters. The highest BCUT2D eigenvalue weighted by Crippen LogP contribution is 2.27. The lowest BCUT2D eigenvalue weighted by Gasteiger charge is -2.12. The number of aromatic nitrogens is 2. The van der Waals surface area contributed by atoms with Crippen molar-refractivity contribution in [3.05, 3.63) is 41.5 Å². The number of aryl methyl sites for hydroxylation is 1. The van der Waals surface area contributed by atoms with E-state index >= 15 is 0 Å². The normalized spacial score (nSPS) is 10.5. The highest BCUT2D eigenvalue weighted by atomic mass is 19.1. The largest absolute Gasteiger partial charge is 0.370 e. The Balaban J connectivity index is 2.54. The maximum atomic E-state index is 13.7. The zero-order chi connectivity index (χ0) is 13.8. The van der Waals surface area contributed by atoms with Crippen LogP contribution in [0.5, 0.6) is 0 Å². The number of benzene rings is 1. The van der Waals surface area contributed by atoms with Gasteiger partial charge in [-0.3, -0.25) is 0 Å². The number of anilines is 1. The first kappa shape index (κ1) is 13.5. The zero-order valence-corrected chi connectivity index (χ0v) is 11.5. The summed E-state index contributed by atoms with van der Waals surface area (Å²) in [5, 5.41) is 3.22. The van der Waals surface area contributed by atoms with Crippen molar-refractivity contribution in [2.45, 2.75) is 27.2 Å². The summed E-state index contributed by atoms with van der Waals surface area (Å²) in [7, 11) is 0. The van der Waals surface area contributed by atoms with E-state index < -0.39 is 0 Å². The number of nitrogens with one attached hydrogen (secondary N) is 1. The summed E-state index contributed by atoms with van der Waals surface area (Å²) in [4.78, 5) is 8.57. The molecule has 0 aliphatic carbocycles. The monoisotopic (exact) mass is 259 g/mol. The van der Waals surface area contributed by atoms with Gasteiger partial charge in [0.25, 0.3) is 0 Å². The number of hydrogen-bond acceptors (Lipinski definition) is 3. The van der Waals surface area contributed by atoms with Crippen LogP contribution in [-0.2, 0) is 6.42 Å². The van der Waals surface area contributed by atoms with Gasteiger partial charge in [-0.1, -0.05) is 19.1 Å². The Kier molecular flexibility index (Phi) is 4.10. The van der Waals surface area contributed by atoms with Crippen molar-refractivity contribution in [2.24, 2.45) is 0 Å². The minimum atomic E-state index is -0.205. The van der Waals surface area contributed by atoms with E-state index in [0.29, 0.717) is 5.56 Å². The molecular formula is C15H18FN3. The van der Waals surface area contributed by atoms with E-state index in [4.69, 9.17) is 0 Å². The van der Waals surface area contributed by atoms with Crippen molar-refractivity contribution in [1.82, 2.24) is 9.97 Å². The number of nitrogens with zero attached hydrogens (tertiary/aromatic N) is 2. The van der Waals surface area contributed by atoms with E-state index in [9.17, 15) is 4.39 Å². The fourth-order valence-corrected chi connectivity index (χ4v) is 2.06. The molecule has 2 aromatic rings. The van der Waals surface area contributed by atoms with Gasteiger partial charge >= 0.3 is 0 Å². The van der Waals surface area contributed by atoms with Gasteiger partial charge in [0.1, 0.15) is 18.0 Å². The van der Waals surface area contributed by atoms with Gasteiger partial charge in [0.15, 0.2) is 0 Å². The molecule has 3 nitrogen and oxygen atoms in total. The molecule has 4 heteroatoms. The Labute approximate surface area is 112 Å². The van der Waals surface area contributed by atoms with Crippen LogP contribution < -0.4 is 5.32 Å². The predicted octanol–water partition coefficient (Wildman–Crippen LogP) is 3.59. The van der Waals surface area contributed by atoms with E-state index in [-0.39, 0.29) is 5.82 Å². The third-order valence-corrected chi connectivity index (χ3v) is 3.09. The zero-order valence-electron chi connectivity index (χ0n) is 11.5. The Morgan fingerprint density at radius 2 is 2.00 bits per heavy atom. The summed E-state index contributed by atoms with van der Waals surface area (Å²) in [6.45, 7) is 6.62. The van der Waals surface area contributed by atoms with Gasteiger partial charge < -0.3 is 5.32 Å². The Morgan fingerprint density at radius 3 is 2.63 bits per heavy atom. The summed E-state index contributed by atoms with van der Waals surface area (Å²) >= 11 is 0. The molecule has 100 valence electrons. The molecule has 0 aliphatic rings. The van der Waals surface area contributed by atoms with Gasteiger partial charge in [0.2, 0.25) is 0 Å². The quantitative estimate of drug-likeness (QED) is 0.911. The van der Waals surface area contributed by atoms with Gasteiger partial charge in [-0.05, 0) is 31.9 Å². The molecule has 1 aromatic carbocycles. The molecule has 0 aliphatic heterocycles. The molecule has 0 bridgehead atoms. The number of halogens is 1. The van der Waals surface area contributed by atoms with Gasteiger partial charge in [-0.2, -0.15) is 0 Å². The second-order valence-corrected chi connectivity index (χ2v) is 4.40. The maximum Gasteiger partial charge on any atom is 0.133 e. The van der Waals surface area contributed by atoms with Crippen molar-refractivity contribution in [1.29, 1.82) is 0 Å². The first-order chi connectivity index (χ1) is 9.17. The molecule has 1 heterocycles. The van der Waals surface area contributed by atoms with Crippen LogP contribution in [0.3, 0.4) is 0 Å². The SMILES string of the molecule is CCNc1ncnc(-c2ccc(C)c(F)c2)c1CC. The molecule has 0 radical (unpaired) electrons. The topological polar surface area (TPSA) is 37.8 Å². The number of hydrogen-bond donors (Lipinski definition) is 1. The van der Waals surface area contributed by atoms with Gasteiger partial charge in [-0.15, -0.1) is 0 Å². The first-order valence-electron chi connectivity index (χ1n) is 6.51. The highest BCUT2D eigenvalue weighted by molar-refractivity contribution is 5.68. The van der Waals surface area contributed by atoms with E-state index in [1.165, 1.54) is 12.4 Å². The fraction of sp³-hybridized carbons (Fsp3) is 0.333. The lowest BCUT2D eigenvalue weighted by molar-refractivity contribution is 0.619. The highest BCUT2D eigenvalue weighted by Gasteiger charge is 2.12. The minimum Gasteiger partial charge on any atom is -0.370 e. The van der Waals surface area contributed by atoms with E-state index in [0.717, 1.165) is 35.6 Å². The van der Waals surface area contributed by atoms with Gasteiger partial charge in [0.05, 0.1) is 5.69 Å². The average Bonchev–Trinajstić information content (AvgIpc) is 2.42. The Hall–Kier alpha value is -1.97. The van der Waals surface area contributed by atoms with Crippen LogP contribution in [0.25, 0.3) is 11.3 Å². The molecule has 0 fully saturated rings. The van der Waals surface area contributed by atoms with Crippen LogP contribution in [0.4, 0.5) is 10.2 Å². The Morgan fingerprint density at radius 1 is 1.21 bits per heavy atom. The van der Waals surface area contributed by atoms with Crippen LogP contribution in [0.15, 0.2) is 24.5 Å². The molecule has 1 aromatic heterocycles. The van der Waals surface area contributed by atoms with Crippen LogP contribution in [-0.4, -0.2) is 16.5 Å². The third-order valence-electron chi connectivity index (χ3n) is 3.09. The van der Waals surface area contributed by atoms with Crippen molar-refractivity contribution in [3.8, 4) is 11.3 Å². The molecule has 2 rings (SSSR count). The predicted molar refractivity (Wildman–Crippen MR) is 75.7 cm³/mol. The third kappa shape index (κ3) is 2.72. The summed E-state index contributed by atoms with van der Waals surface area (Å²) in [5.41, 5.74) is 3.25. The molecular weight excluding hydrogens is 241 g/mol. The van der Waals surface area contributed by atoms with E-state index in [1.54, 1.807) is 13.0 Å². The first-order valence-corrected chi connectivity index (χ1v) is 6.51. The lowest BCUT2D eigenvalue weighted by atomic mass is 10.0. The summed E-state index contributed by atoms with van der Waals surface area (Å²) in [5.74, 6) is 0.624. The standard InChI is InChI=1S/C15H18FN3/c1-4-12-14(18-9-19-15(12)17-5-2)11-7-6-10(3)13(16)8-11/h6-9H,4-5H2,1-3H3,(H,17,18,19). The summed E-state index contributed by atoms with van der Waals surface area (Å²) in [6.07, 6.45) is 2.32. The fourth-order valence-electron chi connectivity index (χ4n) is 2.06. The van der Waals surface area contributed by atoms with Crippen LogP contribution in [0.1, 0.15) is 25.0 Å². The van der Waals surface area contributed by atoms with Crippen molar-refractivity contribution < 1.29 is 4.39 Å². The molecule has 1 N–H and O–H groups in total. The second kappa shape index (κ2) is 5.78. The molecule has 19 heavy (non-hydrogen) atoms. The van der Waals surface area contributed by atoms with Crippen LogP contribution in [0, 0.1) is 12.7 Å². The Bertz CT molecular complexity index is 582. The molecule has 0 spiro atoms. The van der Waals surface area contributed by atoms with Gasteiger partial charge in [0, 0.05) is 17.7 Å². The average molecular weight is 259 g/mol. The van der Waals surface area contributed by atoms with Crippen molar-refractivity contribution in [2.75, 3.05) is 11.9 Å². The maximum absolute atomic E-state index is 13.7.